The summed E-state index contributed by atoms with van der Waals surface area (Å²) in [4.78, 5) is 24.4. The summed E-state index contributed by atoms with van der Waals surface area (Å²) in [6, 6.07) is 2.87. The summed E-state index contributed by atoms with van der Waals surface area (Å²) in [6.45, 7) is 2.74. The molecule has 186 valence electrons. The first-order chi connectivity index (χ1) is 16.5. The first-order valence-electron chi connectivity index (χ1n) is 9.80. The van der Waals surface area contributed by atoms with E-state index in [1.807, 2.05) is 0 Å². The third-order valence-corrected chi connectivity index (χ3v) is 5.38. The Hall–Kier alpha value is -3.48. The van der Waals surface area contributed by atoms with Gasteiger partial charge in [-0.3, -0.25) is 4.79 Å². The minimum atomic E-state index is -2.35. The van der Waals surface area contributed by atoms with Gasteiger partial charge in [-0.15, -0.1) is 0 Å². The van der Waals surface area contributed by atoms with E-state index < -0.39 is 53.3 Å². The topological polar surface area (TPSA) is 77.4 Å². The number of benzene rings is 2. The number of carbonyl (C=O) groups excluding carboxylic acids is 2. The Morgan fingerprint density at radius 1 is 1.06 bits per heavy atom. The van der Waals surface area contributed by atoms with Gasteiger partial charge in [0.05, 0.1) is 25.0 Å². The summed E-state index contributed by atoms with van der Waals surface area (Å²) in [5.41, 5.74) is -1.40. The summed E-state index contributed by atoms with van der Waals surface area (Å²) < 4.78 is 84.9. The molecule has 2 aromatic rings. The highest BCUT2D eigenvalue weighted by Gasteiger charge is 2.37. The molecule has 0 fully saturated rings. The lowest BCUT2D eigenvalue weighted by molar-refractivity contribution is -0.145. The number of methoxy groups -OCH3 is 1. The molecule has 35 heavy (non-hydrogen) atoms. The monoisotopic (exact) mass is 562 g/mol. The van der Waals surface area contributed by atoms with Gasteiger partial charge in [0.15, 0.2) is 41.4 Å². The lowest BCUT2D eigenvalue weighted by Gasteiger charge is -2.15. The van der Waals surface area contributed by atoms with Crippen molar-refractivity contribution >= 4 is 45.3 Å². The van der Waals surface area contributed by atoms with E-state index in [1.54, 1.807) is 6.92 Å². The Bertz CT molecular complexity index is 1250. The van der Waals surface area contributed by atoms with Crippen LogP contribution in [0.2, 0.25) is 0 Å². The Morgan fingerprint density at radius 3 is 2.23 bits per heavy atom. The number of carbonyl (C=O) groups is 2. The van der Waals surface area contributed by atoms with E-state index in [0.29, 0.717) is 10.0 Å². The highest BCUT2D eigenvalue weighted by atomic mass is 79.9. The molecule has 2 aromatic carbocycles. The second-order valence-corrected chi connectivity index (χ2v) is 7.75. The number of hydrogen-bond donors (Lipinski definition) is 0. The third-order valence-electron chi connectivity index (χ3n) is 4.69. The predicted octanol–water partition coefficient (Wildman–Crippen LogP) is 4.90. The number of amides is 1. The van der Waals surface area contributed by atoms with Crippen LogP contribution in [0.3, 0.4) is 0 Å². The van der Waals surface area contributed by atoms with Crippen molar-refractivity contribution in [3.05, 3.63) is 56.8 Å². The summed E-state index contributed by atoms with van der Waals surface area (Å²) >= 11 is 3.28. The van der Waals surface area contributed by atoms with Gasteiger partial charge in [-0.25, -0.2) is 26.7 Å². The second kappa shape index (κ2) is 10.4. The van der Waals surface area contributed by atoms with Gasteiger partial charge < -0.3 is 14.2 Å². The van der Waals surface area contributed by atoms with Gasteiger partial charge >= 0.3 is 5.97 Å². The highest BCUT2D eigenvalue weighted by molar-refractivity contribution is 9.10. The maximum atomic E-state index is 14.2. The highest BCUT2D eigenvalue weighted by Crippen LogP contribution is 2.37. The van der Waals surface area contributed by atoms with Gasteiger partial charge in [0.2, 0.25) is 5.82 Å². The number of rotatable bonds is 7. The van der Waals surface area contributed by atoms with E-state index in [0.717, 1.165) is 0 Å². The first-order valence-corrected chi connectivity index (χ1v) is 10.6. The van der Waals surface area contributed by atoms with E-state index in [2.05, 4.69) is 21.0 Å². The van der Waals surface area contributed by atoms with Gasteiger partial charge in [-0.1, -0.05) is 15.9 Å². The van der Waals surface area contributed by atoms with Crippen molar-refractivity contribution in [2.75, 3.05) is 25.3 Å². The van der Waals surface area contributed by atoms with Crippen molar-refractivity contribution in [2.24, 2.45) is 5.10 Å². The Labute approximate surface area is 203 Å². The molecule has 0 bridgehead atoms. The van der Waals surface area contributed by atoms with Gasteiger partial charge in [0.25, 0.3) is 5.91 Å². The number of ether oxygens (including phenoxy) is 3. The van der Waals surface area contributed by atoms with Crippen LogP contribution in [0.4, 0.5) is 27.6 Å². The maximum absolute atomic E-state index is 14.2. The Morgan fingerprint density at radius 2 is 1.66 bits per heavy atom. The van der Waals surface area contributed by atoms with E-state index >= 15 is 0 Å². The van der Waals surface area contributed by atoms with Crippen molar-refractivity contribution < 1.29 is 45.8 Å². The quantitative estimate of drug-likeness (QED) is 0.158. The fraction of sp³-hybridized carbons (Fsp3) is 0.227. The van der Waals surface area contributed by atoms with Crippen LogP contribution in [0.25, 0.3) is 6.08 Å². The average Bonchev–Trinajstić information content (AvgIpc) is 3.09. The molecule has 7 nitrogen and oxygen atoms in total. The van der Waals surface area contributed by atoms with E-state index in [4.69, 9.17) is 14.2 Å². The van der Waals surface area contributed by atoms with Crippen LogP contribution in [0.15, 0.2) is 27.3 Å². The first kappa shape index (κ1) is 26.1. The molecule has 1 aliphatic rings. The maximum Gasteiger partial charge on any atom is 0.344 e. The van der Waals surface area contributed by atoms with E-state index in [9.17, 15) is 31.5 Å². The summed E-state index contributed by atoms with van der Waals surface area (Å²) in [7, 11) is 1.33. The molecule has 0 unspecified atom stereocenters. The molecule has 0 N–H and O–H groups in total. The molecule has 1 aliphatic heterocycles. The number of anilines is 1. The fourth-order valence-corrected chi connectivity index (χ4v) is 3.48. The molecule has 0 radical (unpaired) electrons. The second-order valence-electron chi connectivity index (χ2n) is 6.90. The summed E-state index contributed by atoms with van der Waals surface area (Å²) in [6.07, 6.45) is 1.27. The van der Waals surface area contributed by atoms with Crippen LogP contribution in [-0.4, -0.2) is 37.9 Å². The standard InChI is InChI=1S/C22H16BrF5N2O5/c1-4-34-15(31)8-35-14-7-12(23)10(6-13(14)33-3)5-11-9(2)29-30(22(11)32)21-19(27)17(25)16(24)18(26)20(21)28/h5-7H,4,8H2,1-3H3/b11-5+. The lowest BCUT2D eigenvalue weighted by atomic mass is 10.1. The van der Waals surface area contributed by atoms with Crippen LogP contribution < -0.4 is 14.5 Å². The molecule has 0 spiro atoms. The van der Waals surface area contributed by atoms with Crippen LogP contribution in [0.5, 0.6) is 11.5 Å². The zero-order valence-corrected chi connectivity index (χ0v) is 19.9. The molecule has 0 saturated heterocycles. The van der Waals surface area contributed by atoms with Crippen molar-refractivity contribution in [2.45, 2.75) is 13.8 Å². The van der Waals surface area contributed by atoms with Crippen molar-refractivity contribution in [1.29, 1.82) is 0 Å². The number of hydrogen-bond acceptors (Lipinski definition) is 6. The summed E-state index contributed by atoms with van der Waals surface area (Å²) in [5, 5.41) is 3.79. The molecular formula is C22H16BrF5N2O5. The minimum absolute atomic E-state index is 0.0487. The van der Waals surface area contributed by atoms with Crippen molar-refractivity contribution in [1.82, 2.24) is 0 Å². The molecular weight excluding hydrogens is 547 g/mol. The minimum Gasteiger partial charge on any atom is -0.493 e. The fourth-order valence-electron chi connectivity index (χ4n) is 3.04. The molecule has 0 atom stereocenters. The molecule has 13 heteroatoms. The zero-order chi connectivity index (χ0) is 26.0. The average molecular weight is 563 g/mol. The Balaban J connectivity index is 1.98. The predicted molar refractivity (Wildman–Crippen MR) is 118 cm³/mol. The van der Waals surface area contributed by atoms with E-state index in [1.165, 1.54) is 32.2 Å². The molecule has 0 aliphatic carbocycles. The van der Waals surface area contributed by atoms with Gasteiger partial charge in [0.1, 0.15) is 5.69 Å². The number of hydrazone groups is 1. The zero-order valence-electron chi connectivity index (χ0n) is 18.3. The Kier molecular flexibility index (Phi) is 7.78. The lowest BCUT2D eigenvalue weighted by Crippen LogP contribution is -2.25. The number of nitrogens with zero attached hydrogens (tertiary/aromatic N) is 2. The number of esters is 1. The molecule has 1 amide bonds. The van der Waals surface area contributed by atoms with E-state index in [-0.39, 0.29) is 34.4 Å². The normalized spacial score (nSPS) is 14.4. The van der Waals surface area contributed by atoms with Gasteiger partial charge in [-0.05, 0) is 37.6 Å². The van der Waals surface area contributed by atoms with Crippen LogP contribution >= 0.6 is 15.9 Å². The molecule has 0 aromatic heterocycles. The SMILES string of the molecule is CCOC(=O)COc1cc(Br)c(/C=C2/C(=O)N(c3c(F)c(F)c(F)c(F)c3F)N=C2C)cc1OC. The van der Waals surface area contributed by atoms with Crippen molar-refractivity contribution in [3.63, 3.8) is 0 Å². The summed E-state index contributed by atoms with van der Waals surface area (Å²) in [5.74, 6) is -12.6. The van der Waals surface area contributed by atoms with Crippen LogP contribution in [0.1, 0.15) is 19.4 Å². The third kappa shape index (κ3) is 4.99. The molecule has 3 rings (SSSR count). The largest absolute Gasteiger partial charge is 0.493 e. The molecule has 0 saturated carbocycles. The number of halogens is 6. The van der Waals surface area contributed by atoms with Gasteiger partial charge in [0, 0.05) is 4.47 Å². The smallest absolute Gasteiger partial charge is 0.344 e. The van der Waals surface area contributed by atoms with Crippen molar-refractivity contribution in [3.8, 4) is 11.5 Å². The van der Waals surface area contributed by atoms with Crippen LogP contribution in [0, 0.1) is 29.1 Å². The molecule has 1 heterocycles. The van der Waals surface area contributed by atoms with Crippen LogP contribution in [-0.2, 0) is 14.3 Å². The van der Waals surface area contributed by atoms with Gasteiger partial charge in [-0.2, -0.15) is 10.1 Å².